The number of esters is 1. The Morgan fingerprint density at radius 2 is 1.83 bits per heavy atom. The average Bonchev–Trinajstić information content (AvgIpc) is 3.26. The van der Waals surface area contributed by atoms with Crippen LogP contribution in [-0.4, -0.2) is 23.5 Å². The fourth-order valence-corrected chi connectivity index (χ4v) is 5.99. The fraction of sp³-hybridized carbons (Fsp3) is 0.300. The van der Waals surface area contributed by atoms with Gasteiger partial charge in [-0.15, -0.1) is 11.3 Å². The lowest BCUT2D eigenvalue weighted by molar-refractivity contribution is 0.0505. The molecule has 2 aromatic carbocycles. The summed E-state index contributed by atoms with van der Waals surface area (Å²) < 4.78 is 5.50. The quantitative estimate of drug-likeness (QED) is 0.284. The van der Waals surface area contributed by atoms with Crippen molar-refractivity contribution in [1.82, 2.24) is 4.98 Å². The SMILES string of the molecule is CCCOC(=O)c1c(NC(=O)c2cc(-c3ccc(C)c(C)c3)nc3ccccc23)sc2c1CCCC2. The van der Waals surface area contributed by atoms with E-state index < -0.39 is 0 Å². The number of carbonyl (C=O) groups is 2. The summed E-state index contributed by atoms with van der Waals surface area (Å²) in [6.45, 7) is 6.49. The molecule has 1 amide bonds. The number of anilines is 1. The zero-order chi connectivity index (χ0) is 25.2. The molecule has 0 atom stereocenters. The van der Waals surface area contributed by atoms with Crippen LogP contribution in [0.25, 0.3) is 22.2 Å². The number of fused-ring (bicyclic) bond motifs is 2. The summed E-state index contributed by atoms with van der Waals surface area (Å²) in [6.07, 6.45) is 4.66. The van der Waals surface area contributed by atoms with E-state index in [-0.39, 0.29) is 11.9 Å². The van der Waals surface area contributed by atoms with E-state index in [9.17, 15) is 9.59 Å². The van der Waals surface area contributed by atoms with E-state index in [0.717, 1.165) is 59.8 Å². The number of rotatable bonds is 6. The number of carbonyl (C=O) groups excluding carboxylic acids is 2. The molecular weight excluding hydrogens is 468 g/mol. The number of hydrogen-bond donors (Lipinski definition) is 1. The maximum atomic E-state index is 13.8. The van der Waals surface area contributed by atoms with Gasteiger partial charge in [-0.05, 0) is 80.8 Å². The standard InChI is InChI=1S/C30H30N2O3S/c1-4-15-35-30(34)27-22-10-6-8-12-26(22)36-29(27)32-28(33)23-17-25(20-14-13-18(2)19(3)16-20)31-24-11-7-5-9-21(23)24/h5,7,9,11,13-14,16-17H,4,6,8,10,12,15H2,1-3H3,(H,32,33). The maximum absolute atomic E-state index is 13.8. The van der Waals surface area contributed by atoms with Crippen molar-refractivity contribution < 1.29 is 14.3 Å². The van der Waals surface area contributed by atoms with E-state index in [4.69, 9.17) is 9.72 Å². The van der Waals surface area contributed by atoms with Crippen LogP contribution in [0, 0.1) is 13.8 Å². The third-order valence-electron chi connectivity index (χ3n) is 6.80. The molecule has 2 aromatic heterocycles. The molecule has 0 spiro atoms. The molecule has 0 fully saturated rings. The van der Waals surface area contributed by atoms with Gasteiger partial charge in [-0.3, -0.25) is 4.79 Å². The van der Waals surface area contributed by atoms with E-state index >= 15 is 0 Å². The first-order valence-electron chi connectivity index (χ1n) is 12.6. The van der Waals surface area contributed by atoms with Crippen molar-refractivity contribution in [3.63, 3.8) is 0 Å². The summed E-state index contributed by atoms with van der Waals surface area (Å²) in [4.78, 5) is 32.8. The van der Waals surface area contributed by atoms with Crippen LogP contribution in [0.4, 0.5) is 5.00 Å². The van der Waals surface area contributed by atoms with Crippen molar-refractivity contribution in [2.24, 2.45) is 0 Å². The number of ether oxygens (including phenoxy) is 1. The number of pyridine rings is 1. The lowest BCUT2D eigenvalue weighted by Crippen LogP contribution is -2.16. The van der Waals surface area contributed by atoms with Gasteiger partial charge in [0.15, 0.2) is 0 Å². The van der Waals surface area contributed by atoms with Crippen molar-refractivity contribution in [2.45, 2.75) is 52.9 Å². The Labute approximate surface area is 215 Å². The molecular formula is C30H30N2O3S. The third-order valence-corrected chi connectivity index (χ3v) is 8.01. The van der Waals surface area contributed by atoms with Crippen LogP contribution in [-0.2, 0) is 17.6 Å². The number of thiophene rings is 1. The Morgan fingerprint density at radius 1 is 1.03 bits per heavy atom. The van der Waals surface area contributed by atoms with Gasteiger partial charge in [0.1, 0.15) is 5.00 Å². The minimum Gasteiger partial charge on any atom is -0.462 e. The lowest BCUT2D eigenvalue weighted by atomic mass is 9.95. The number of aryl methyl sites for hydroxylation is 3. The fourth-order valence-electron chi connectivity index (χ4n) is 4.72. The maximum Gasteiger partial charge on any atom is 0.341 e. The highest BCUT2D eigenvalue weighted by Crippen LogP contribution is 2.39. The van der Waals surface area contributed by atoms with Crippen molar-refractivity contribution in [2.75, 3.05) is 11.9 Å². The number of aromatic nitrogens is 1. The predicted molar refractivity (Wildman–Crippen MR) is 146 cm³/mol. The Kier molecular flexibility index (Phi) is 6.88. The molecule has 5 rings (SSSR count). The molecule has 1 aliphatic rings. The van der Waals surface area contributed by atoms with Crippen molar-refractivity contribution >= 4 is 39.1 Å². The molecule has 0 bridgehead atoms. The van der Waals surface area contributed by atoms with Crippen molar-refractivity contribution in [3.8, 4) is 11.3 Å². The van der Waals surface area contributed by atoms with E-state index in [1.165, 1.54) is 27.3 Å². The highest BCUT2D eigenvalue weighted by Gasteiger charge is 2.28. The van der Waals surface area contributed by atoms with Crippen LogP contribution in [0.1, 0.15) is 68.5 Å². The molecule has 1 N–H and O–H groups in total. The van der Waals surface area contributed by atoms with Gasteiger partial charge in [0.2, 0.25) is 0 Å². The van der Waals surface area contributed by atoms with Gasteiger partial charge in [-0.1, -0.05) is 37.3 Å². The summed E-state index contributed by atoms with van der Waals surface area (Å²) in [5.74, 6) is -0.594. The highest BCUT2D eigenvalue weighted by atomic mass is 32.1. The molecule has 5 nitrogen and oxygen atoms in total. The number of hydrogen-bond acceptors (Lipinski definition) is 5. The largest absolute Gasteiger partial charge is 0.462 e. The summed E-state index contributed by atoms with van der Waals surface area (Å²) in [6, 6.07) is 15.7. The van der Waals surface area contributed by atoms with E-state index in [0.29, 0.717) is 22.7 Å². The van der Waals surface area contributed by atoms with Crippen LogP contribution in [0.5, 0.6) is 0 Å². The zero-order valence-electron chi connectivity index (χ0n) is 20.9. The number of amides is 1. The lowest BCUT2D eigenvalue weighted by Gasteiger charge is -2.13. The minimum atomic E-state index is -0.345. The average molecular weight is 499 g/mol. The van der Waals surface area contributed by atoms with Gasteiger partial charge in [0.25, 0.3) is 5.91 Å². The molecule has 0 aliphatic heterocycles. The van der Waals surface area contributed by atoms with Gasteiger partial charge in [-0.2, -0.15) is 0 Å². The van der Waals surface area contributed by atoms with Gasteiger partial charge >= 0.3 is 5.97 Å². The number of nitrogens with zero attached hydrogens (tertiary/aromatic N) is 1. The molecule has 2 heterocycles. The normalized spacial score (nSPS) is 12.9. The Hall–Kier alpha value is -3.51. The van der Waals surface area contributed by atoms with Gasteiger partial charge in [0, 0.05) is 15.8 Å². The first-order valence-corrected chi connectivity index (χ1v) is 13.4. The molecule has 36 heavy (non-hydrogen) atoms. The van der Waals surface area contributed by atoms with Gasteiger partial charge < -0.3 is 10.1 Å². The Morgan fingerprint density at radius 3 is 2.64 bits per heavy atom. The van der Waals surface area contributed by atoms with E-state index in [2.05, 4.69) is 31.3 Å². The van der Waals surface area contributed by atoms with E-state index in [1.807, 2.05) is 43.3 Å². The number of para-hydroxylation sites is 1. The second-order valence-electron chi connectivity index (χ2n) is 9.38. The monoisotopic (exact) mass is 498 g/mol. The second kappa shape index (κ2) is 10.2. The molecule has 184 valence electrons. The zero-order valence-corrected chi connectivity index (χ0v) is 21.8. The van der Waals surface area contributed by atoms with Crippen molar-refractivity contribution in [3.05, 3.63) is 81.2 Å². The topological polar surface area (TPSA) is 68.3 Å². The number of benzene rings is 2. The van der Waals surface area contributed by atoms with E-state index in [1.54, 1.807) is 0 Å². The molecule has 6 heteroatoms. The first kappa shape index (κ1) is 24.2. The Balaban J connectivity index is 1.57. The smallest absolute Gasteiger partial charge is 0.341 e. The van der Waals surface area contributed by atoms with Crippen LogP contribution >= 0.6 is 11.3 Å². The Bertz CT molecular complexity index is 1470. The molecule has 1 aliphatic carbocycles. The summed E-state index contributed by atoms with van der Waals surface area (Å²) >= 11 is 1.51. The summed E-state index contributed by atoms with van der Waals surface area (Å²) in [7, 11) is 0. The second-order valence-corrected chi connectivity index (χ2v) is 10.5. The van der Waals surface area contributed by atoms with Crippen LogP contribution in [0.3, 0.4) is 0 Å². The van der Waals surface area contributed by atoms with Crippen LogP contribution in [0.2, 0.25) is 0 Å². The molecule has 0 unspecified atom stereocenters. The summed E-state index contributed by atoms with van der Waals surface area (Å²) in [5, 5.41) is 4.45. The third kappa shape index (κ3) is 4.65. The summed E-state index contributed by atoms with van der Waals surface area (Å²) in [5.41, 5.74) is 6.96. The van der Waals surface area contributed by atoms with Gasteiger partial charge in [-0.25, -0.2) is 9.78 Å². The minimum absolute atomic E-state index is 0.248. The van der Waals surface area contributed by atoms with Crippen molar-refractivity contribution in [1.29, 1.82) is 0 Å². The van der Waals surface area contributed by atoms with Crippen LogP contribution in [0.15, 0.2) is 48.5 Å². The first-order chi connectivity index (χ1) is 17.5. The molecule has 0 saturated heterocycles. The van der Waals surface area contributed by atoms with Crippen LogP contribution < -0.4 is 5.32 Å². The molecule has 0 saturated carbocycles. The number of nitrogens with one attached hydrogen (secondary N) is 1. The molecule has 0 radical (unpaired) electrons. The van der Waals surface area contributed by atoms with Gasteiger partial charge in [0.05, 0.1) is 28.9 Å². The highest BCUT2D eigenvalue weighted by molar-refractivity contribution is 7.17. The predicted octanol–water partition coefficient (Wildman–Crippen LogP) is 7.28. The molecule has 4 aromatic rings.